The Hall–Kier alpha value is -1.35. The maximum atomic E-state index is 12.1. The topological polar surface area (TPSA) is 46.3 Å². The fraction of sp³-hybridized carbons (Fsp3) is 0.588. The number of rotatable bonds is 9. The highest BCUT2D eigenvalue weighted by molar-refractivity contribution is 5.78. The Morgan fingerprint density at radius 1 is 1.20 bits per heavy atom. The van der Waals surface area contributed by atoms with Gasteiger partial charge in [0.15, 0.2) is 0 Å². The van der Waals surface area contributed by atoms with E-state index < -0.39 is 0 Å². The van der Waals surface area contributed by atoms with Gasteiger partial charge in [0.05, 0.1) is 0 Å². The molecule has 1 rings (SSSR count). The first kappa shape index (κ1) is 16.7. The molecule has 3 nitrogen and oxygen atoms in total. The van der Waals surface area contributed by atoms with Crippen LogP contribution in [0.2, 0.25) is 0 Å². The lowest BCUT2D eigenvalue weighted by molar-refractivity contribution is -0.133. The smallest absolute Gasteiger partial charge is 0.225 e. The second kappa shape index (κ2) is 9.54. The first-order chi connectivity index (χ1) is 9.65. The number of aryl methyl sites for hydroxylation is 1. The average molecular weight is 276 g/mol. The van der Waals surface area contributed by atoms with Crippen molar-refractivity contribution >= 4 is 5.91 Å². The molecule has 1 aromatic carbocycles. The van der Waals surface area contributed by atoms with Crippen molar-refractivity contribution in [1.29, 1.82) is 0 Å². The molecular formula is C17H28N2O. The molecule has 0 fully saturated rings. The van der Waals surface area contributed by atoms with Crippen molar-refractivity contribution < 1.29 is 4.79 Å². The summed E-state index contributed by atoms with van der Waals surface area (Å²) in [6.07, 6.45) is 5.09. The number of hydrogen-bond donors (Lipinski definition) is 1. The van der Waals surface area contributed by atoms with Crippen LogP contribution in [0.4, 0.5) is 0 Å². The number of unbranched alkanes of at least 4 members (excludes halogenated alkanes) is 1. The van der Waals surface area contributed by atoms with E-state index in [0.29, 0.717) is 6.54 Å². The number of benzene rings is 1. The van der Waals surface area contributed by atoms with Crippen molar-refractivity contribution in [1.82, 2.24) is 4.90 Å². The molecule has 0 bridgehead atoms. The SMILES string of the molecule is CC(CCCN)C(=O)N(C)CCCCc1ccccc1. The maximum absolute atomic E-state index is 12.1. The van der Waals surface area contributed by atoms with Gasteiger partial charge in [0.2, 0.25) is 5.91 Å². The van der Waals surface area contributed by atoms with Gasteiger partial charge in [-0.15, -0.1) is 0 Å². The second-order valence-corrected chi connectivity index (χ2v) is 5.53. The molecular weight excluding hydrogens is 248 g/mol. The molecule has 0 aliphatic rings. The van der Waals surface area contributed by atoms with Crippen molar-refractivity contribution in [2.24, 2.45) is 11.7 Å². The number of amides is 1. The van der Waals surface area contributed by atoms with Gasteiger partial charge >= 0.3 is 0 Å². The third-order valence-corrected chi connectivity index (χ3v) is 3.69. The third kappa shape index (κ3) is 6.20. The molecule has 0 aliphatic carbocycles. The molecule has 0 aliphatic heterocycles. The molecule has 0 saturated carbocycles. The lowest BCUT2D eigenvalue weighted by Gasteiger charge is -2.21. The number of carbonyl (C=O) groups is 1. The zero-order chi connectivity index (χ0) is 14.8. The number of nitrogens with zero attached hydrogens (tertiary/aromatic N) is 1. The predicted octanol–water partition coefficient (Wildman–Crippen LogP) is 2.84. The Morgan fingerprint density at radius 2 is 1.90 bits per heavy atom. The largest absolute Gasteiger partial charge is 0.346 e. The van der Waals surface area contributed by atoms with E-state index in [1.165, 1.54) is 5.56 Å². The van der Waals surface area contributed by atoms with E-state index in [4.69, 9.17) is 5.73 Å². The van der Waals surface area contributed by atoms with Crippen LogP contribution in [0.3, 0.4) is 0 Å². The molecule has 3 heteroatoms. The Balaban J connectivity index is 2.19. The van der Waals surface area contributed by atoms with Gasteiger partial charge in [-0.1, -0.05) is 37.3 Å². The van der Waals surface area contributed by atoms with Gasteiger partial charge in [-0.25, -0.2) is 0 Å². The summed E-state index contributed by atoms with van der Waals surface area (Å²) in [5, 5.41) is 0. The number of nitrogens with two attached hydrogens (primary N) is 1. The molecule has 20 heavy (non-hydrogen) atoms. The quantitative estimate of drug-likeness (QED) is 0.705. The summed E-state index contributed by atoms with van der Waals surface area (Å²) in [5.74, 6) is 0.343. The summed E-state index contributed by atoms with van der Waals surface area (Å²) in [6, 6.07) is 10.5. The second-order valence-electron chi connectivity index (χ2n) is 5.53. The summed E-state index contributed by atoms with van der Waals surface area (Å²) >= 11 is 0. The molecule has 1 unspecified atom stereocenters. The Bertz CT molecular complexity index is 378. The molecule has 0 aromatic heterocycles. The van der Waals surface area contributed by atoms with Crippen molar-refractivity contribution in [2.75, 3.05) is 20.1 Å². The highest BCUT2D eigenvalue weighted by atomic mass is 16.2. The van der Waals surface area contributed by atoms with E-state index in [0.717, 1.165) is 38.6 Å². The van der Waals surface area contributed by atoms with E-state index in [1.54, 1.807) is 0 Å². The molecule has 1 aromatic rings. The van der Waals surface area contributed by atoms with Crippen LogP contribution in [0.15, 0.2) is 30.3 Å². The van der Waals surface area contributed by atoms with Gasteiger partial charge < -0.3 is 10.6 Å². The molecule has 1 atom stereocenters. The summed E-state index contributed by atoms with van der Waals surface area (Å²) in [7, 11) is 1.91. The van der Waals surface area contributed by atoms with Crippen molar-refractivity contribution in [3.63, 3.8) is 0 Å². The summed E-state index contributed by atoms with van der Waals surface area (Å²) in [5.41, 5.74) is 6.85. The van der Waals surface area contributed by atoms with Gasteiger partial charge in [-0.2, -0.15) is 0 Å². The van der Waals surface area contributed by atoms with Crippen LogP contribution in [-0.2, 0) is 11.2 Å². The molecule has 2 N–H and O–H groups in total. The van der Waals surface area contributed by atoms with Gasteiger partial charge in [0.1, 0.15) is 0 Å². The van der Waals surface area contributed by atoms with Gasteiger partial charge in [0.25, 0.3) is 0 Å². The van der Waals surface area contributed by atoms with Crippen LogP contribution < -0.4 is 5.73 Å². The van der Waals surface area contributed by atoms with Gasteiger partial charge in [-0.3, -0.25) is 4.79 Å². The Morgan fingerprint density at radius 3 is 2.55 bits per heavy atom. The van der Waals surface area contributed by atoms with E-state index in [-0.39, 0.29) is 11.8 Å². The third-order valence-electron chi connectivity index (χ3n) is 3.69. The average Bonchev–Trinajstić information content (AvgIpc) is 2.49. The standard InChI is InChI=1S/C17H28N2O/c1-15(9-8-13-18)17(20)19(2)14-7-6-12-16-10-4-3-5-11-16/h3-5,10-11,15H,6-9,12-14,18H2,1-2H3. The molecule has 0 radical (unpaired) electrons. The highest BCUT2D eigenvalue weighted by Crippen LogP contribution is 2.10. The van der Waals surface area contributed by atoms with E-state index in [1.807, 2.05) is 24.9 Å². The first-order valence-electron chi connectivity index (χ1n) is 7.64. The molecule has 1 amide bonds. The first-order valence-corrected chi connectivity index (χ1v) is 7.64. The van der Waals surface area contributed by atoms with Crippen LogP contribution in [0.5, 0.6) is 0 Å². The van der Waals surface area contributed by atoms with Crippen LogP contribution in [0.25, 0.3) is 0 Å². The molecule has 0 heterocycles. The summed E-state index contributed by atoms with van der Waals surface area (Å²) < 4.78 is 0. The Kier molecular flexibility index (Phi) is 7.97. The maximum Gasteiger partial charge on any atom is 0.225 e. The van der Waals surface area contributed by atoms with E-state index >= 15 is 0 Å². The lowest BCUT2D eigenvalue weighted by atomic mass is 10.0. The van der Waals surface area contributed by atoms with E-state index in [9.17, 15) is 4.79 Å². The molecule has 0 spiro atoms. The van der Waals surface area contributed by atoms with Crippen LogP contribution in [0.1, 0.15) is 38.2 Å². The molecule has 112 valence electrons. The number of carbonyl (C=O) groups excluding carboxylic acids is 1. The van der Waals surface area contributed by atoms with Crippen molar-refractivity contribution in [2.45, 2.75) is 39.0 Å². The number of hydrogen-bond acceptors (Lipinski definition) is 2. The van der Waals surface area contributed by atoms with Crippen LogP contribution in [0, 0.1) is 5.92 Å². The van der Waals surface area contributed by atoms with Crippen LogP contribution in [-0.4, -0.2) is 30.9 Å². The Labute approximate surface area is 123 Å². The van der Waals surface area contributed by atoms with Crippen molar-refractivity contribution in [3.05, 3.63) is 35.9 Å². The summed E-state index contributed by atoms with van der Waals surface area (Å²) in [4.78, 5) is 14.0. The molecule has 0 saturated heterocycles. The zero-order valence-electron chi connectivity index (χ0n) is 12.8. The predicted molar refractivity (Wildman–Crippen MR) is 84.5 cm³/mol. The monoisotopic (exact) mass is 276 g/mol. The highest BCUT2D eigenvalue weighted by Gasteiger charge is 2.16. The van der Waals surface area contributed by atoms with E-state index in [2.05, 4.69) is 24.3 Å². The van der Waals surface area contributed by atoms with Crippen LogP contribution >= 0.6 is 0 Å². The minimum absolute atomic E-state index is 0.0951. The lowest BCUT2D eigenvalue weighted by Crippen LogP contribution is -2.32. The van der Waals surface area contributed by atoms with Crippen molar-refractivity contribution in [3.8, 4) is 0 Å². The van der Waals surface area contributed by atoms with Gasteiger partial charge in [0, 0.05) is 19.5 Å². The zero-order valence-corrected chi connectivity index (χ0v) is 12.8. The summed E-state index contributed by atoms with van der Waals surface area (Å²) in [6.45, 7) is 3.51. The minimum atomic E-state index is 0.0951. The van der Waals surface area contributed by atoms with Gasteiger partial charge in [-0.05, 0) is 44.2 Å². The minimum Gasteiger partial charge on any atom is -0.346 e. The fourth-order valence-corrected chi connectivity index (χ4v) is 2.36. The normalized spacial score (nSPS) is 12.2. The fourth-order valence-electron chi connectivity index (χ4n) is 2.36.